The number of hydrogen-bond donors (Lipinski definition) is 1. The van der Waals surface area contributed by atoms with Gasteiger partial charge in [-0.1, -0.05) is 12.1 Å². The van der Waals surface area contributed by atoms with Gasteiger partial charge in [0.1, 0.15) is 5.82 Å². The summed E-state index contributed by atoms with van der Waals surface area (Å²) in [5.74, 6) is 0.157. The van der Waals surface area contributed by atoms with Crippen LogP contribution in [-0.4, -0.2) is 11.1 Å². The number of rotatable bonds is 3. The molecule has 72 valence electrons. The molecule has 0 aliphatic rings. The molecular formula is C11H9FO2. The van der Waals surface area contributed by atoms with Crippen LogP contribution in [0.4, 0.5) is 4.39 Å². The molecule has 0 aliphatic carbocycles. The number of carboxylic acids is 1. The first-order chi connectivity index (χ1) is 6.65. The zero-order valence-corrected chi connectivity index (χ0v) is 7.40. The zero-order valence-electron chi connectivity index (χ0n) is 7.40. The first-order valence-corrected chi connectivity index (χ1v) is 4.07. The van der Waals surface area contributed by atoms with Gasteiger partial charge >= 0.3 is 5.97 Å². The Morgan fingerprint density at radius 2 is 2.07 bits per heavy atom. The Labute approximate surface area is 81.4 Å². The molecule has 0 heterocycles. The molecule has 1 aromatic rings. The lowest BCUT2D eigenvalue weighted by molar-refractivity contribution is -0.138. The van der Waals surface area contributed by atoms with E-state index in [4.69, 9.17) is 11.5 Å². The first kappa shape index (κ1) is 10.3. The van der Waals surface area contributed by atoms with Crippen molar-refractivity contribution in [2.45, 2.75) is 12.3 Å². The molecular weight excluding hydrogens is 183 g/mol. The topological polar surface area (TPSA) is 37.3 Å². The van der Waals surface area contributed by atoms with Crippen LogP contribution in [0.25, 0.3) is 0 Å². The molecule has 0 fully saturated rings. The van der Waals surface area contributed by atoms with Gasteiger partial charge in [-0.3, -0.25) is 4.79 Å². The van der Waals surface area contributed by atoms with Crippen LogP contribution in [0.5, 0.6) is 0 Å². The largest absolute Gasteiger partial charge is 0.481 e. The van der Waals surface area contributed by atoms with Gasteiger partial charge < -0.3 is 5.11 Å². The van der Waals surface area contributed by atoms with Gasteiger partial charge in [-0.15, -0.1) is 12.3 Å². The van der Waals surface area contributed by atoms with Crippen LogP contribution in [0.15, 0.2) is 24.3 Å². The van der Waals surface area contributed by atoms with E-state index in [0.29, 0.717) is 5.56 Å². The summed E-state index contributed by atoms with van der Waals surface area (Å²) < 4.78 is 12.5. The maximum atomic E-state index is 12.5. The SMILES string of the molecule is C#CCC(C(=O)O)c1ccc(F)cc1. The quantitative estimate of drug-likeness (QED) is 0.744. The number of aliphatic carboxylic acids is 1. The average molecular weight is 192 g/mol. The van der Waals surface area contributed by atoms with E-state index in [-0.39, 0.29) is 6.42 Å². The average Bonchev–Trinajstić information content (AvgIpc) is 2.15. The molecule has 1 atom stereocenters. The van der Waals surface area contributed by atoms with E-state index in [9.17, 15) is 9.18 Å². The van der Waals surface area contributed by atoms with Gasteiger partial charge in [0.2, 0.25) is 0 Å². The van der Waals surface area contributed by atoms with Crippen molar-refractivity contribution in [3.05, 3.63) is 35.6 Å². The molecule has 2 nitrogen and oxygen atoms in total. The normalized spacial score (nSPS) is 11.7. The number of carbonyl (C=O) groups is 1. The Hall–Kier alpha value is -1.82. The van der Waals surface area contributed by atoms with Gasteiger partial charge in [0.15, 0.2) is 0 Å². The van der Waals surface area contributed by atoms with Crippen LogP contribution in [0, 0.1) is 18.2 Å². The van der Waals surface area contributed by atoms with Crippen LogP contribution >= 0.6 is 0 Å². The molecule has 1 unspecified atom stereocenters. The summed E-state index contributed by atoms with van der Waals surface area (Å²) in [7, 11) is 0. The van der Waals surface area contributed by atoms with Crippen molar-refractivity contribution < 1.29 is 14.3 Å². The third-order valence-corrected chi connectivity index (χ3v) is 1.89. The lowest BCUT2D eigenvalue weighted by atomic mass is 9.96. The lowest BCUT2D eigenvalue weighted by Gasteiger charge is -2.08. The minimum absolute atomic E-state index is 0.112. The molecule has 1 aromatic carbocycles. The van der Waals surface area contributed by atoms with Gasteiger partial charge in [0.05, 0.1) is 5.92 Å². The zero-order chi connectivity index (χ0) is 10.6. The van der Waals surface area contributed by atoms with Crippen LogP contribution < -0.4 is 0 Å². The summed E-state index contributed by atoms with van der Waals surface area (Å²) in [6.45, 7) is 0. The molecule has 0 aliphatic heterocycles. The minimum Gasteiger partial charge on any atom is -0.481 e. The Kier molecular flexibility index (Phi) is 3.24. The predicted molar refractivity (Wildman–Crippen MR) is 50.2 cm³/mol. The molecule has 0 saturated carbocycles. The molecule has 0 radical (unpaired) electrons. The molecule has 1 rings (SSSR count). The van der Waals surface area contributed by atoms with Gasteiger partial charge in [-0.2, -0.15) is 0 Å². The second-order valence-electron chi connectivity index (χ2n) is 2.85. The molecule has 3 heteroatoms. The second-order valence-corrected chi connectivity index (χ2v) is 2.85. The fourth-order valence-electron chi connectivity index (χ4n) is 1.16. The third-order valence-electron chi connectivity index (χ3n) is 1.89. The van der Waals surface area contributed by atoms with E-state index in [1.807, 2.05) is 0 Å². The number of halogens is 1. The lowest BCUT2D eigenvalue weighted by Crippen LogP contribution is -2.10. The highest BCUT2D eigenvalue weighted by atomic mass is 19.1. The van der Waals surface area contributed by atoms with E-state index < -0.39 is 17.7 Å². The van der Waals surface area contributed by atoms with Crippen molar-refractivity contribution in [2.24, 2.45) is 0 Å². The molecule has 1 N–H and O–H groups in total. The Morgan fingerprint density at radius 1 is 1.50 bits per heavy atom. The predicted octanol–water partition coefficient (Wildman–Crippen LogP) is 2.02. The Balaban J connectivity index is 2.95. The Bertz CT molecular complexity index is 362. The summed E-state index contributed by atoms with van der Waals surface area (Å²) in [6, 6.07) is 5.32. The highest BCUT2D eigenvalue weighted by Crippen LogP contribution is 2.19. The number of benzene rings is 1. The van der Waals surface area contributed by atoms with Crippen molar-refractivity contribution in [3.63, 3.8) is 0 Å². The van der Waals surface area contributed by atoms with Gasteiger partial charge in [0, 0.05) is 6.42 Å². The Morgan fingerprint density at radius 3 is 2.50 bits per heavy atom. The molecule has 0 aromatic heterocycles. The summed E-state index contributed by atoms with van der Waals surface area (Å²) in [4.78, 5) is 10.8. The smallest absolute Gasteiger partial charge is 0.311 e. The molecule has 0 saturated heterocycles. The minimum atomic E-state index is -0.991. The monoisotopic (exact) mass is 192 g/mol. The maximum absolute atomic E-state index is 12.5. The molecule has 0 spiro atoms. The van der Waals surface area contributed by atoms with Gasteiger partial charge in [-0.05, 0) is 17.7 Å². The molecule has 14 heavy (non-hydrogen) atoms. The van der Waals surface area contributed by atoms with Crippen LogP contribution in [0.3, 0.4) is 0 Å². The van der Waals surface area contributed by atoms with Crippen molar-refractivity contribution in [2.75, 3.05) is 0 Å². The number of carboxylic acid groups (broad SMARTS) is 1. The van der Waals surface area contributed by atoms with Crippen molar-refractivity contribution in [3.8, 4) is 12.3 Å². The first-order valence-electron chi connectivity index (χ1n) is 4.07. The van der Waals surface area contributed by atoms with Crippen LogP contribution in [0.1, 0.15) is 17.9 Å². The second kappa shape index (κ2) is 4.43. The van der Waals surface area contributed by atoms with E-state index >= 15 is 0 Å². The fourth-order valence-corrected chi connectivity index (χ4v) is 1.16. The van der Waals surface area contributed by atoms with Gasteiger partial charge in [0.25, 0.3) is 0 Å². The van der Waals surface area contributed by atoms with E-state index in [1.54, 1.807) is 0 Å². The van der Waals surface area contributed by atoms with Crippen LogP contribution in [-0.2, 0) is 4.79 Å². The summed E-state index contributed by atoms with van der Waals surface area (Å²) in [5.41, 5.74) is 0.525. The van der Waals surface area contributed by atoms with Crippen molar-refractivity contribution >= 4 is 5.97 Å². The molecule has 0 amide bonds. The number of terminal acetylenes is 1. The molecule has 0 bridgehead atoms. The highest BCUT2D eigenvalue weighted by molar-refractivity contribution is 5.76. The van der Waals surface area contributed by atoms with Gasteiger partial charge in [-0.25, -0.2) is 4.39 Å². The van der Waals surface area contributed by atoms with Crippen molar-refractivity contribution in [1.29, 1.82) is 0 Å². The highest BCUT2D eigenvalue weighted by Gasteiger charge is 2.18. The van der Waals surface area contributed by atoms with E-state index in [2.05, 4.69) is 5.92 Å². The third kappa shape index (κ3) is 2.33. The standard InChI is InChI=1S/C11H9FO2/c1-2-3-10(11(13)14)8-4-6-9(12)7-5-8/h1,4-7,10H,3H2,(H,13,14). The number of hydrogen-bond acceptors (Lipinski definition) is 1. The van der Waals surface area contributed by atoms with E-state index in [0.717, 1.165) is 0 Å². The van der Waals surface area contributed by atoms with Crippen molar-refractivity contribution in [1.82, 2.24) is 0 Å². The summed E-state index contributed by atoms with van der Waals surface area (Å²) in [6.07, 6.45) is 5.16. The van der Waals surface area contributed by atoms with E-state index in [1.165, 1.54) is 24.3 Å². The summed E-state index contributed by atoms with van der Waals surface area (Å²) in [5, 5.41) is 8.84. The summed E-state index contributed by atoms with van der Waals surface area (Å²) >= 11 is 0. The van der Waals surface area contributed by atoms with Crippen LogP contribution in [0.2, 0.25) is 0 Å². The maximum Gasteiger partial charge on any atom is 0.311 e. The fraction of sp³-hybridized carbons (Fsp3) is 0.182.